The van der Waals surface area contributed by atoms with E-state index in [0.717, 1.165) is 25.9 Å². The van der Waals surface area contributed by atoms with Crippen molar-refractivity contribution < 1.29 is 9.94 Å². The molecular formula is C11H17N5O2. The molecule has 1 aliphatic rings. The maximum atomic E-state index is 8.63. The third kappa shape index (κ3) is 2.67. The fourth-order valence-electron chi connectivity index (χ4n) is 1.99. The Balaban J connectivity index is 2.10. The third-order valence-corrected chi connectivity index (χ3v) is 3.07. The Bertz CT molecular complexity index is 429. The second kappa shape index (κ2) is 5.63. The van der Waals surface area contributed by atoms with Gasteiger partial charge in [0.05, 0.1) is 6.10 Å². The summed E-state index contributed by atoms with van der Waals surface area (Å²) in [4.78, 5) is 10.6. The summed E-state index contributed by atoms with van der Waals surface area (Å²) in [5, 5.41) is 11.6. The van der Waals surface area contributed by atoms with Gasteiger partial charge in [-0.2, -0.15) is 0 Å². The van der Waals surface area contributed by atoms with E-state index in [1.54, 1.807) is 19.4 Å². The molecule has 1 aliphatic heterocycles. The van der Waals surface area contributed by atoms with E-state index in [1.807, 2.05) is 0 Å². The predicted molar refractivity (Wildman–Crippen MR) is 66.8 cm³/mol. The number of hydrogen-bond donors (Lipinski definition) is 2. The van der Waals surface area contributed by atoms with Crippen molar-refractivity contribution in [1.29, 1.82) is 0 Å². The van der Waals surface area contributed by atoms with Gasteiger partial charge < -0.3 is 20.6 Å². The molecule has 2 heterocycles. The summed E-state index contributed by atoms with van der Waals surface area (Å²) in [7, 11) is 1.73. The number of amidine groups is 1. The van der Waals surface area contributed by atoms with Gasteiger partial charge >= 0.3 is 0 Å². The van der Waals surface area contributed by atoms with Gasteiger partial charge in [-0.1, -0.05) is 5.16 Å². The molecule has 7 nitrogen and oxygen atoms in total. The first-order valence-corrected chi connectivity index (χ1v) is 5.83. The molecule has 0 spiro atoms. The van der Waals surface area contributed by atoms with E-state index in [0.29, 0.717) is 17.7 Å². The summed E-state index contributed by atoms with van der Waals surface area (Å²) in [6.45, 7) is 1.69. The van der Waals surface area contributed by atoms with Crippen molar-refractivity contribution in [2.24, 2.45) is 10.9 Å². The minimum atomic E-state index is -0.00886. The number of nitrogens with zero attached hydrogens (tertiary/aromatic N) is 4. The number of methoxy groups -OCH3 is 1. The largest absolute Gasteiger partial charge is 0.409 e. The molecule has 0 atom stereocenters. The maximum Gasteiger partial charge on any atom is 0.225 e. The Morgan fingerprint density at radius 1 is 1.56 bits per heavy atom. The van der Waals surface area contributed by atoms with E-state index >= 15 is 0 Å². The molecule has 1 saturated heterocycles. The normalized spacial score (nSPS) is 18.1. The molecule has 98 valence electrons. The molecule has 18 heavy (non-hydrogen) atoms. The molecule has 0 saturated carbocycles. The zero-order valence-electron chi connectivity index (χ0n) is 10.3. The number of rotatable bonds is 3. The first kappa shape index (κ1) is 12.6. The number of nitrogens with two attached hydrogens (primary N) is 1. The van der Waals surface area contributed by atoms with Crippen LogP contribution in [0, 0.1) is 0 Å². The van der Waals surface area contributed by atoms with Crippen molar-refractivity contribution in [3.63, 3.8) is 0 Å². The van der Waals surface area contributed by atoms with E-state index in [4.69, 9.17) is 15.7 Å². The molecule has 1 aromatic heterocycles. The smallest absolute Gasteiger partial charge is 0.225 e. The molecule has 1 aromatic rings. The van der Waals surface area contributed by atoms with Crippen LogP contribution < -0.4 is 10.6 Å². The number of aromatic nitrogens is 2. The number of anilines is 1. The van der Waals surface area contributed by atoms with Gasteiger partial charge in [0.2, 0.25) is 5.95 Å². The highest BCUT2D eigenvalue weighted by atomic mass is 16.5. The number of ether oxygens (including phenoxy) is 1. The summed E-state index contributed by atoms with van der Waals surface area (Å²) < 4.78 is 5.32. The standard InChI is InChI=1S/C11H17N5O2/c1-18-8-3-6-16(7-4-8)11-13-5-2-9(14-11)10(12)15-17/h2,5,8,17H,3-4,6-7H2,1H3,(H2,12,15). The summed E-state index contributed by atoms with van der Waals surface area (Å²) >= 11 is 0. The van der Waals surface area contributed by atoms with Crippen LogP contribution in [0.5, 0.6) is 0 Å². The molecule has 2 rings (SSSR count). The lowest BCUT2D eigenvalue weighted by Crippen LogP contribution is -2.37. The Labute approximate surface area is 105 Å². The van der Waals surface area contributed by atoms with E-state index in [-0.39, 0.29) is 5.84 Å². The fraction of sp³-hybridized carbons (Fsp3) is 0.545. The monoisotopic (exact) mass is 251 g/mol. The van der Waals surface area contributed by atoms with Crippen LogP contribution in [0.25, 0.3) is 0 Å². The first-order valence-electron chi connectivity index (χ1n) is 5.83. The van der Waals surface area contributed by atoms with Crippen LogP contribution in [0.1, 0.15) is 18.5 Å². The summed E-state index contributed by atoms with van der Waals surface area (Å²) in [6, 6.07) is 1.61. The van der Waals surface area contributed by atoms with Crippen molar-refractivity contribution in [3.05, 3.63) is 18.0 Å². The molecular weight excluding hydrogens is 234 g/mol. The third-order valence-electron chi connectivity index (χ3n) is 3.07. The van der Waals surface area contributed by atoms with E-state index in [9.17, 15) is 0 Å². The first-order chi connectivity index (χ1) is 8.74. The lowest BCUT2D eigenvalue weighted by molar-refractivity contribution is 0.0816. The van der Waals surface area contributed by atoms with Crippen LogP contribution in [0.2, 0.25) is 0 Å². The summed E-state index contributed by atoms with van der Waals surface area (Å²) in [6.07, 6.45) is 3.83. The zero-order chi connectivity index (χ0) is 13.0. The molecule has 0 amide bonds. The summed E-state index contributed by atoms with van der Waals surface area (Å²) in [5.74, 6) is 0.596. The fourth-order valence-corrected chi connectivity index (χ4v) is 1.99. The topological polar surface area (TPSA) is 96.9 Å². The number of hydrogen-bond acceptors (Lipinski definition) is 6. The Morgan fingerprint density at radius 3 is 2.89 bits per heavy atom. The Kier molecular flexibility index (Phi) is 3.93. The molecule has 3 N–H and O–H groups in total. The molecule has 0 bridgehead atoms. The van der Waals surface area contributed by atoms with Gasteiger partial charge in [0, 0.05) is 26.4 Å². The molecule has 0 unspecified atom stereocenters. The van der Waals surface area contributed by atoms with Crippen LogP contribution in [0.4, 0.5) is 5.95 Å². The molecule has 0 radical (unpaired) electrons. The van der Waals surface area contributed by atoms with E-state index < -0.39 is 0 Å². The van der Waals surface area contributed by atoms with Gasteiger partial charge in [-0.3, -0.25) is 0 Å². The van der Waals surface area contributed by atoms with Crippen LogP contribution in [0.3, 0.4) is 0 Å². The SMILES string of the molecule is COC1CCN(c2nccc(/C(N)=N/O)n2)CC1. The summed E-state index contributed by atoms with van der Waals surface area (Å²) in [5.41, 5.74) is 5.93. The van der Waals surface area contributed by atoms with Crippen molar-refractivity contribution in [3.8, 4) is 0 Å². The van der Waals surface area contributed by atoms with Crippen molar-refractivity contribution in [2.45, 2.75) is 18.9 Å². The zero-order valence-corrected chi connectivity index (χ0v) is 10.3. The molecule has 0 aliphatic carbocycles. The number of piperidine rings is 1. The van der Waals surface area contributed by atoms with Gasteiger partial charge in [0.25, 0.3) is 0 Å². The van der Waals surface area contributed by atoms with Crippen LogP contribution in [0.15, 0.2) is 17.4 Å². The lowest BCUT2D eigenvalue weighted by atomic mass is 10.1. The van der Waals surface area contributed by atoms with Gasteiger partial charge in [0.15, 0.2) is 5.84 Å². The highest BCUT2D eigenvalue weighted by Gasteiger charge is 2.20. The van der Waals surface area contributed by atoms with Crippen LogP contribution >= 0.6 is 0 Å². The quantitative estimate of drug-likeness (QED) is 0.344. The molecule has 1 fully saturated rings. The average molecular weight is 251 g/mol. The van der Waals surface area contributed by atoms with Gasteiger partial charge in [0.1, 0.15) is 5.69 Å². The second-order valence-corrected chi connectivity index (χ2v) is 4.15. The van der Waals surface area contributed by atoms with Crippen LogP contribution in [-0.4, -0.2) is 47.3 Å². The highest BCUT2D eigenvalue weighted by Crippen LogP contribution is 2.17. The van der Waals surface area contributed by atoms with Gasteiger partial charge in [-0.05, 0) is 18.9 Å². The minimum Gasteiger partial charge on any atom is -0.409 e. The van der Waals surface area contributed by atoms with Crippen molar-refractivity contribution >= 4 is 11.8 Å². The van der Waals surface area contributed by atoms with Crippen molar-refractivity contribution in [1.82, 2.24) is 9.97 Å². The molecule has 0 aromatic carbocycles. The van der Waals surface area contributed by atoms with Crippen LogP contribution in [-0.2, 0) is 4.74 Å². The Hall–Kier alpha value is -1.89. The molecule has 7 heteroatoms. The lowest BCUT2D eigenvalue weighted by Gasteiger charge is -2.31. The second-order valence-electron chi connectivity index (χ2n) is 4.15. The average Bonchev–Trinajstić information content (AvgIpc) is 2.46. The van der Waals surface area contributed by atoms with Gasteiger partial charge in [-0.25, -0.2) is 9.97 Å². The highest BCUT2D eigenvalue weighted by molar-refractivity contribution is 5.95. The maximum absolute atomic E-state index is 8.63. The minimum absolute atomic E-state index is 0.00886. The Morgan fingerprint density at radius 2 is 2.28 bits per heavy atom. The van der Waals surface area contributed by atoms with Gasteiger partial charge in [-0.15, -0.1) is 0 Å². The van der Waals surface area contributed by atoms with E-state index in [2.05, 4.69) is 20.0 Å². The van der Waals surface area contributed by atoms with Crippen molar-refractivity contribution in [2.75, 3.05) is 25.1 Å². The number of oxime groups is 1. The predicted octanol–water partition coefficient (Wildman–Crippen LogP) is 0.186. The van der Waals surface area contributed by atoms with E-state index in [1.165, 1.54) is 0 Å².